The topological polar surface area (TPSA) is 66.8 Å². The summed E-state index contributed by atoms with van der Waals surface area (Å²) in [6.45, 7) is 7.74. The van der Waals surface area contributed by atoms with E-state index >= 15 is 0 Å². The molecule has 1 aliphatic rings. The molecule has 0 aromatic heterocycles. The largest absolute Gasteiger partial charge is 0.479 e. The third-order valence-corrected chi connectivity index (χ3v) is 4.39. The summed E-state index contributed by atoms with van der Waals surface area (Å²) in [5, 5.41) is 9.62. The molecule has 0 saturated heterocycles. The number of nitrogens with zero attached hydrogens (tertiary/aromatic N) is 1. The summed E-state index contributed by atoms with van der Waals surface area (Å²) >= 11 is 1.72. The van der Waals surface area contributed by atoms with E-state index in [-0.39, 0.29) is 0 Å². The fourth-order valence-corrected chi connectivity index (χ4v) is 3.37. The van der Waals surface area contributed by atoms with Gasteiger partial charge in [-0.05, 0) is 56.2 Å². The van der Waals surface area contributed by atoms with Crippen molar-refractivity contribution in [3.8, 4) is 0 Å². The molecule has 5 nitrogen and oxygen atoms in total. The van der Waals surface area contributed by atoms with E-state index in [0.717, 1.165) is 16.2 Å². The molecule has 1 aliphatic heterocycles. The molecule has 0 spiro atoms. The maximum absolute atomic E-state index is 12.3. The standard InChI is InChI=1S/C17H23NO4S/c1-5-23-12-6-7-13-11(10-12)8-9-18(14(13)15(19)20)16(21)22-17(2,3)4/h6-7,10,14H,5,8-9H2,1-4H3,(H,19,20). The van der Waals surface area contributed by atoms with Gasteiger partial charge in [-0.1, -0.05) is 13.0 Å². The van der Waals surface area contributed by atoms with Gasteiger partial charge in [0.05, 0.1) is 0 Å². The lowest BCUT2D eigenvalue weighted by atomic mass is 9.93. The van der Waals surface area contributed by atoms with Crippen LogP contribution in [0.5, 0.6) is 0 Å². The molecule has 0 fully saturated rings. The van der Waals surface area contributed by atoms with Crippen LogP contribution in [0.15, 0.2) is 23.1 Å². The second kappa shape index (κ2) is 6.83. The molecule has 0 bridgehead atoms. The molecule has 6 heteroatoms. The second-order valence-electron chi connectivity index (χ2n) is 6.46. The second-order valence-corrected chi connectivity index (χ2v) is 7.80. The highest BCUT2D eigenvalue weighted by molar-refractivity contribution is 7.99. The molecule has 23 heavy (non-hydrogen) atoms. The number of aliphatic carboxylic acids is 1. The molecular formula is C17H23NO4S. The zero-order valence-electron chi connectivity index (χ0n) is 14.0. The van der Waals surface area contributed by atoms with Gasteiger partial charge in [-0.3, -0.25) is 4.90 Å². The van der Waals surface area contributed by atoms with E-state index in [0.29, 0.717) is 18.5 Å². The molecule has 0 saturated carbocycles. The van der Waals surface area contributed by atoms with Crippen molar-refractivity contribution in [1.82, 2.24) is 4.90 Å². The number of amides is 1. The lowest BCUT2D eigenvalue weighted by molar-refractivity contribution is -0.143. The average Bonchev–Trinajstić information content (AvgIpc) is 2.44. The van der Waals surface area contributed by atoms with Crippen molar-refractivity contribution in [2.75, 3.05) is 12.3 Å². The Labute approximate surface area is 141 Å². The lowest BCUT2D eigenvalue weighted by Gasteiger charge is -2.36. The Hall–Kier alpha value is -1.69. The molecular weight excluding hydrogens is 314 g/mol. The van der Waals surface area contributed by atoms with Crippen LogP contribution in [0.25, 0.3) is 0 Å². The number of thioether (sulfide) groups is 1. The van der Waals surface area contributed by atoms with Gasteiger partial charge in [0.2, 0.25) is 0 Å². The van der Waals surface area contributed by atoms with Crippen molar-refractivity contribution in [1.29, 1.82) is 0 Å². The van der Waals surface area contributed by atoms with E-state index < -0.39 is 23.7 Å². The van der Waals surface area contributed by atoms with E-state index in [1.165, 1.54) is 4.90 Å². The molecule has 1 aromatic carbocycles. The van der Waals surface area contributed by atoms with Gasteiger partial charge in [-0.15, -0.1) is 11.8 Å². The number of carboxylic acids is 1. The monoisotopic (exact) mass is 337 g/mol. The molecule has 1 amide bonds. The zero-order chi connectivity index (χ0) is 17.2. The fourth-order valence-electron chi connectivity index (χ4n) is 2.64. The molecule has 0 aliphatic carbocycles. The fraction of sp³-hybridized carbons (Fsp3) is 0.529. The maximum Gasteiger partial charge on any atom is 0.411 e. The van der Waals surface area contributed by atoms with Crippen molar-refractivity contribution in [2.24, 2.45) is 0 Å². The molecule has 1 N–H and O–H groups in total. The number of hydrogen-bond donors (Lipinski definition) is 1. The Morgan fingerprint density at radius 1 is 1.39 bits per heavy atom. The molecule has 1 atom stereocenters. The highest BCUT2D eigenvalue weighted by Crippen LogP contribution is 2.33. The van der Waals surface area contributed by atoms with Crippen molar-refractivity contribution in [2.45, 2.75) is 50.7 Å². The number of ether oxygens (including phenoxy) is 1. The van der Waals surface area contributed by atoms with Crippen LogP contribution in [0, 0.1) is 0 Å². The van der Waals surface area contributed by atoms with Gasteiger partial charge in [-0.2, -0.15) is 0 Å². The predicted molar refractivity (Wildman–Crippen MR) is 89.9 cm³/mol. The van der Waals surface area contributed by atoms with Crippen LogP contribution in [-0.2, 0) is 16.0 Å². The van der Waals surface area contributed by atoms with Gasteiger partial charge in [0.25, 0.3) is 0 Å². The van der Waals surface area contributed by atoms with Gasteiger partial charge in [-0.25, -0.2) is 9.59 Å². The SMILES string of the molecule is CCSc1ccc2c(c1)CCN(C(=O)OC(C)(C)C)C2C(=O)O. The first-order chi connectivity index (χ1) is 10.7. The Balaban J connectivity index is 2.32. The van der Waals surface area contributed by atoms with Crippen molar-refractivity contribution in [3.63, 3.8) is 0 Å². The van der Waals surface area contributed by atoms with E-state index in [4.69, 9.17) is 4.74 Å². The van der Waals surface area contributed by atoms with Gasteiger partial charge >= 0.3 is 12.1 Å². The van der Waals surface area contributed by atoms with E-state index in [1.54, 1.807) is 32.5 Å². The minimum atomic E-state index is -1.03. The Morgan fingerprint density at radius 3 is 2.65 bits per heavy atom. The summed E-state index contributed by atoms with van der Waals surface area (Å²) in [6.07, 6.45) is 0.0544. The first kappa shape index (κ1) is 17.7. The molecule has 1 aromatic rings. The highest BCUT2D eigenvalue weighted by atomic mass is 32.2. The van der Waals surface area contributed by atoms with Crippen LogP contribution in [0.1, 0.15) is 44.9 Å². The van der Waals surface area contributed by atoms with E-state index in [1.807, 2.05) is 18.2 Å². The summed E-state index contributed by atoms with van der Waals surface area (Å²) in [7, 11) is 0. The number of rotatable bonds is 3. The smallest absolute Gasteiger partial charge is 0.411 e. The number of carbonyl (C=O) groups is 2. The third kappa shape index (κ3) is 4.19. The number of benzene rings is 1. The third-order valence-electron chi connectivity index (χ3n) is 3.52. The predicted octanol–water partition coefficient (Wildman–Crippen LogP) is 3.72. The van der Waals surface area contributed by atoms with Gasteiger partial charge in [0.15, 0.2) is 6.04 Å². The Morgan fingerprint density at radius 2 is 2.09 bits per heavy atom. The summed E-state index contributed by atoms with van der Waals surface area (Å²) in [5.41, 5.74) is 1.02. The summed E-state index contributed by atoms with van der Waals surface area (Å²) < 4.78 is 5.35. The molecule has 1 unspecified atom stereocenters. The highest BCUT2D eigenvalue weighted by Gasteiger charge is 2.38. The van der Waals surface area contributed by atoms with Crippen molar-refractivity contribution in [3.05, 3.63) is 29.3 Å². The number of carbonyl (C=O) groups excluding carboxylic acids is 1. The maximum atomic E-state index is 12.3. The quantitative estimate of drug-likeness (QED) is 0.852. The van der Waals surface area contributed by atoms with E-state index in [2.05, 4.69) is 6.92 Å². The minimum absolute atomic E-state index is 0.346. The van der Waals surface area contributed by atoms with Gasteiger partial charge < -0.3 is 9.84 Å². The summed E-state index contributed by atoms with van der Waals surface area (Å²) in [4.78, 5) is 26.5. The minimum Gasteiger partial charge on any atom is -0.479 e. The molecule has 2 rings (SSSR count). The Kier molecular flexibility index (Phi) is 5.24. The van der Waals surface area contributed by atoms with Crippen LogP contribution < -0.4 is 0 Å². The van der Waals surface area contributed by atoms with Crippen LogP contribution >= 0.6 is 11.8 Å². The van der Waals surface area contributed by atoms with Crippen molar-refractivity contribution >= 4 is 23.8 Å². The van der Waals surface area contributed by atoms with E-state index in [9.17, 15) is 14.7 Å². The van der Waals surface area contributed by atoms with Crippen molar-refractivity contribution < 1.29 is 19.4 Å². The molecule has 0 radical (unpaired) electrons. The summed E-state index contributed by atoms with van der Waals surface area (Å²) in [5.74, 6) is -0.0711. The lowest BCUT2D eigenvalue weighted by Crippen LogP contribution is -2.45. The zero-order valence-corrected chi connectivity index (χ0v) is 14.8. The number of hydrogen-bond acceptors (Lipinski definition) is 4. The first-order valence-corrected chi connectivity index (χ1v) is 8.69. The molecule has 126 valence electrons. The number of fused-ring (bicyclic) bond motifs is 1. The van der Waals surface area contributed by atoms with Crippen LogP contribution in [0.4, 0.5) is 4.79 Å². The van der Waals surface area contributed by atoms with Gasteiger partial charge in [0, 0.05) is 11.4 Å². The van der Waals surface area contributed by atoms with Crippen LogP contribution in [-0.4, -0.2) is 40.0 Å². The number of carboxylic acid groups (broad SMARTS) is 1. The first-order valence-electron chi connectivity index (χ1n) is 7.71. The van der Waals surface area contributed by atoms with Crippen LogP contribution in [0.3, 0.4) is 0 Å². The van der Waals surface area contributed by atoms with Crippen LogP contribution in [0.2, 0.25) is 0 Å². The average molecular weight is 337 g/mol. The van der Waals surface area contributed by atoms with Gasteiger partial charge in [0.1, 0.15) is 5.60 Å². The normalized spacial score (nSPS) is 17.6. The summed E-state index contributed by atoms with van der Waals surface area (Å²) in [6, 6.07) is 4.78. The Bertz CT molecular complexity index is 609. The molecule has 1 heterocycles.